The highest BCUT2D eigenvalue weighted by atomic mass is 35.5. The summed E-state index contributed by atoms with van der Waals surface area (Å²) in [6, 6.07) is 17.4. The molecule has 0 saturated carbocycles. The van der Waals surface area contributed by atoms with Gasteiger partial charge in [-0.25, -0.2) is 0 Å². The Morgan fingerprint density at radius 1 is 1.11 bits per heavy atom. The number of rotatable bonds is 7. The molecule has 1 saturated heterocycles. The Bertz CT molecular complexity index is 801. The average molecular weight is 399 g/mol. The number of amides is 1. The van der Waals surface area contributed by atoms with Crippen LogP contribution in [0.15, 0.2) is 60.2 Å². The van der Waals surface area contributed by atoms with Crippen LogP contribution in [0.2, 0.25) is 5.02 Å². The van der Waals surface area contributed by atoms with Gasteiger partial charge in [0.1, 0.15) is 0 Å². The molecule has 2 aromatic rings. The molecule has 148 valence electrons. The van der Waals surface area contributed by atoms with E-state index in [2.05, 4.69) is 30.0 Å². The van der Waals surface area contributed by atoms with Gasteiger partial charge in [-0.3, -0.25) is 9.69 Å². The van der Waals surface area contributed by atoms with Crippen molar-refractivity contribution in [3.63, 3.8) is 0 Å². The standard InChI is InChI=1S/C23H27ClN2O2/c1-19(17-20-7-3-2-4-8-20)18-26(12-11-25-13-15-28-16-14-25)23(27)21-9-5-6-10-22(21)24/h2-10,17H,11-16,18H2,1H3/b19-17+. The van der Waals surface area contributed by atoms with Crippen LogP contribution < -0.4 is 0 Å². The fraction of sp³-hybridized carbons (Fsp3) is 0.348. The lowest BCUT2D eigenvalue weighted by molar-refractivity contribution is 0.0330. The molecular formula is C23H27ClN2O2. The van der Waals surface area contributed by atoms with Crippen LogP contribution in [0, 0.1) is 0 Å². The van der Waals surface area contributed by atoms with Crippen molar-refractivity contribution >= 4 is 23.6 Å². The van der Waals surface area contributed by atoms with E-state index in [4.69, 9.17) is 16.3 Å². The Balaban J connectivity index is 1.74. The predicted molar refractivity (Wildman–Crippen MR) is 115 cm³/mol. The highest BCUT2D eigenvalue weighted by Crippen LogP contribution is 2.18. The van der Waals surface area contributed by atoms with Gasteiger partial charge in [-0.05, 0) is 24.6 Å². The van der Waals surface area contributed by atoms with Gasteiger partial charge in [-0.2, -0.15) is 0 Å². The van der Waals surface area contributed by atoms with Gasteiger partial charge < -0.3 is 9.64 Å². The summed E-state index contributed by atoms with van der Waals surface area (Å²) in [6.07, 6.45) is 2.13. The van der Waals surface area contributed by atoms with E-state index in [1.54, 1.807) is 12.1 Å². The van der Waals surface area contributed by atoms with Crippen LogP contribution in [-0.4, -0.2) is 61.6 Å². The van der Waals surface area contributed by atoms with E-state index in [0.29, 0.717) is 23.7 Å². The Morgan fingerprint density at radius 2 is 1.79 bits per heavy atom. The third kappa shape index (κ3) is 5.93. The number of halogens is 1. The molecular weight excluding hydrogens is 372 g/mol. The molecule has 1 aliphatic rings. The molecule has 3 rings (SSSR count). The van der Waals surface area contributed by atoms with Gasteiger partial charge in [0.25, 0.3) is 5.91 Å². The molecule has 0 aliphatic carbocycles. The van der Waals surface area contributed by atoms with Crippen molar-refractivity contribution in [3.8, 4) is 0 Å². The Labute approximate surface area is 172 Å². The van der Waals surface area contributed by atoms with Crippen LogP contribution in [0.25, 0.3) is 6.08 Å². The molecule has 0 unspecified atom stereocenters. The summed E-state index contributed by atoms with van der Waals surface area (Å²) in [6.45, 7) is 7.46. The average Bonchev–Trinajstić information content (AvgIpc) is 2.72. The second kappa shape index (κ2) is 10.4. The maximum atomic E-state index is 13.2. The SMILES string of the molecule is C/C(=C\c1ccccc1)CN(CCN1CCOCC1)C(=O)c1ccccc1Cl. The van der Waals surface area contributed by atoms with Gasteiger partial charge in [0, 0.05) is 32.7 Å². The minimum absolute atomic E-state index is 0.0281. The Hall–Kier alpha value is -2.14. The Morgan fingerprint density at radius 3 is 2.50 bits per heavy atom. The van der Waals surface area contributed by atoms with Gasteiger partial charge in [0.2, 0.25) is 0 Å². The number of morpholine rings is 1. The molecule has 0 bridgehead atoms. The molecule has 1 aliphatic heterocycles. The summed E-state index contributed by atoms with van der Waals surface area (Å²) in [4.78, 5) is 17.4. The molecule has 0 radical (unpaired) electrons. The van der Waals surface area contributed by atoms with Gasteiger partial charge in [-0.1, -0.05) is 65.7 Å². The van der Waals surface area contributed by atoms with Gasteiger partial charge in [0.15, 0.2) is 0 Å². The lowest BCUT2D eigenvalue weighted by Gasteiger charge is -2.30. The Kier molecular flexibility index (Phi) is 7.66. The number of ether oxygens (including phenoxy) is 1. The van der Waals surface area contributed by atoms with E-state index in [1.807, 2.05) is 35.2 Å². The highest BCUT2D eigenvalue weighted by Gasteiger charge is 2.20. The molecule has 1 heterocycles. The van der Waals surface area contributed by atoms with Crippen molar-refractivity contribution < 1.29 is 9.53 Å². The monoisotopic (exact) mass is 398 g/mol. The van der Waals surface area contributed by atoms with E-state index in [-0.39, 0.29) is 5.91 Å². The second-order valence-corrected chi connectivity index (χ2v) is 7.47. The summed E-state index contributed by atoms with van der Waals surface area (Å²) in [5.74, 6) is -0.0281. The number of carbonyl (C=O) groups excluding carboxylic acids is 1. The maximum absolute atomic E-state index is 13.2. The minimum Gasteiger partial charge on any atom is -0.379 e. The molecule has 1 fully saturated rings. The number of hydrogen-bond donors (Lipinski definition) is 0. The molecule has 0 aromatic heterocycles. The molecule has 0 spiro atoms. The lowest BCUT2D eigenvalue weighted by atomic mass is 10.1. The van der Waals surface area contributed by atoms with Crippen LogP contribution >= 0.6 is 11.6 Å². The molecule has 2 aromatic carbocycles. The first kappa shape index (κ1) is 20.6. The fourth-order valence-electron chi connectivity index (χ4n) is 3.32. The van der Waals surface area contributed by atoms with E-state index >= 15 is 0 Å². The second-order valence-electron chi connectivity index (χ2n) is 7.06. The van der Waals surface area contributed by atoms with E-state index in [1.165, 1.54) is 0 Å². The van der Waals surface area contributed by atoms with Gasteiger partial charge >= 0.3 is 0 Å². The molecule has 0 atom stereocenters. The number of carbonyl (C=O) groups is 1. The fourth-order valence-corrected chi connectivity index (χ4v) is 3.54. The maximum Gasteiger partial charge on any atom is 0.255 e. The van der Waals surface area contributed by atoms with Gasteiger partial charge in [-0.15, -0.1) is 0 Å². The zero-order valence-electron chi connectivity index (χ0n) is 16.3. The van der Waals surface area contributed by atoms with Crippen molar-refractivity contribution in [1.82, 2.24) is 9.80 Å². The first-order valence-corrected chi connectivity index (χ1v) is 10.1. The number of benzene rings is 2. The highest BCUT2D eigenvalue weighted by molar-refractivity contribution is 6.33. The summed E-state index contributed by atoms with van der Waals surface area (Å²) in [5.41, 5.74) is 2.82. The van der Waals surface area contributed by atoms with Crippen molar-refractivity contribution in [2.24, 2.45) is 0 Å². The van der Waals surface area contributed by atoms with Crippen molar-refractivity contribution in [3.05, 3.63) is 76.3 Å². The summed E-state index contributed by atoms with van der Waals surface area (Å²) in [7, 11) is 0. The third-order valence-corrected chi connectivity index (χ3v) is 5.16. The van der Waals surface area contributed by atoms with E-state index < -0.39 is 0 Å². The van der Waals surface area contributed by atoms with Crippen LogP contribution in [0.3, 0.4) is 0 Å². The lowest BCUT2D eigenvalue weighted by Crippen LogP contribution is -2.43. The third-order valence-electron chi connectivity index (χ3n) is 4.83. The predicted octanol–water partition coefficient (Wildman–Crippen LogP) is 4.22. The van der Waals surface area contributed by atoms with E-state index in [0.717, 1.165) is 44.0 Å². The van der Waals surface area contributed by atoms with Crippen molar-refractivity contribution in [2.45, 2.75) is 6.92 Å². The molecule has 0 N–H and O–H groups in total. The largest absolute Gasteiger partial charge is 0.379 e. The topological polar surface area (TPSA) is 32.8 Å². The molecule has 5 heteroatoms. The molecule has 1 amide bonds. The van der Waals surface area contributed by atoms with Crippen molar-refractivity contribution in [2.75, 3.05) is 45.9 Å². The summed E-state index contributed by atoms with van der Waals surface area (Å²) in [5, 5.41) is 0.494. The zero-order valence-corrected chi connectivity index (χ0v) is 17.1. The van der Waals surface area contributed by atoms with Crippen molar-refractivity contribution in [1.29, 1.82) is 0 Å². The quantitative estimate of drug-likeness (QED) is 0.700. The first-order chi connectivity index (χ1) is 13.6. The summed E-state index contributed by atoms with van der Waals surface area (Å²) >= 11 is 6.29. The smallest absolute Gasteiger partial charge is 0.255 e. The van der Waals surface area contributed by atoms with Crippen LogP contribution in [0.4, 0.5) is 0 Å². The van der Waals surface area contributed by atoms with E-state index in [9.17, 15) is 4.79 Å². The normalized spacial score (nSPS) is 15.4. The van der Waals surface area contributed by atoms with Crippen LogP contribution in [0.1, 0.15) is 22.8 Å². The van der Waals surface area contributed by atoms with Crippen LogP contribution in [0.5, 0.6) is 0 Å². The zero-order chi connectivity index (χ0) is 19.8. The molecule has 4 nitrogen and oxygen atoms in total. The number of nitrogens with zero attached hydrogens (tertiary/aromatic N) is 2. The molecule has 28 heavy (non-hydrogen) atoms. The number of hydrogen-bond acceptors (Lipinski definition) is 3. The summed E-state index contributed by atoms with van der Waals surface area (Å²) < 4.78 is 5.42. The minimum atomic E-state index is -0.0281. The van der Waals surface area contributed by atoms with Gasteiger partial charge in [0.05, 0.1) is 23.8 Å². The van der Waals surface area contributed by atoms with Crippen LogP contribution in [-0.2, 0) is 4.74 Å². The first-order valence-electron chi connectivity index (χ1n) is 9.69.